The molecule has 1 N–H and O–H groups in total. The Balaban J connectivity index is 1.43. The van der Waals surface area contributed by atoms with Crippen molar-refractivity contribution in [2.24, 2.45) is 0 Å². The second-order valence-corrected chi connectivity index (χ2v) is 8.68. The molecule has 4 rings (SSSR count). The predicted molar refractivity (Wildman–Crippen MR) is 149 cm³/mol. The van der Waals surface area contributed by atoms with Crippen LogP contribution in [0, 0.1) is 0 Å². The Morgan fingerprint density at radius 3 is 2.41 bits per heavy atom. The Bertz CT molecular complexity index is 1390. The number of benzene rings is 4. The van der Waals surface area contributed by atoms with Crippen LogP contribution in [0.25, 0.3) is 6.08 Å². The average Bonchev–Trinajstić information content (AvgIpc) is 2.94. The van der Waals surface area contributed by atoms with Crippen molar-refractivity contribution in [3.63, 3.8) is 0 Å². The topological polar surface area (TPSA) is 56.8 Å². The Morgan fingerprint density at radius 2 is 1.62 bits per heavy atom. The van der Waals surface area contributed by atoms with Crippen molar-refractivity contribution in [1.82, 2.24) is 0 Å². The number of hydrogen-bond donors (Lipinski definition) is 1. The van der Waals surface area contributed by atoms with Crippen LogP contribution in [0.4, 0.5) is 5.69 Å². The zero-order valence-electron chi connectivity index (χ0n) is 20.7. The number of carbonyl (C=O) groups excluding carboxylic acids is 1. The molecule has 0 aromatic heterocycles. The Hall–Kier alpha value is -4.22. The average molecular weight is 514 g/mol. The normalized spacial score (nSPS) is 10.8. The highest BCUT2D eigenvalue weighted by molar-refractivity contribution is 6.32. The van der Waals surface area contributed by atoms with Gasteiger partial charge < -0.3 is 19.5 Å². The van der Waals surface area contributed by atoms with Crippen LogP contribution in [0.1, 0.15) is 27.0 Å². The van der Waals surface area contributed by atoms with Gasteiger partial charge in [0, 0.05) is 18.3 Å². The summed E-state index contributed by atoms with van der Waals surface area (Å²) in [5.41, 5.74) is 4.30. The van der Waals surface area contributed by atoms with Crippen LogP contribution in [0.5, 0.6) is 17.2 Å². The summed E-state index contributed by atoms with van der Waals surface area (Å²) in [5.74, 6) is 1.42. The molecule has 0 aliphatic carbocycles. The standard InChI is InChI=1S/C31H28ClNO4/c1-33-26-12-6-10-24(16-26)21-37-31-28(32)17-23(18-30(31)35-2)14-15-29(34)25-11-7-13-27(19-25)36-20-22-8-4-3-5-9-22/h3-19,33H,20-21H2,1-2H3/b15-14+. The van der Waals surface area contributed by atoms with Crippen LogP contribution in [0.15, 0.2) is 97.1 Å². The number of hydrogen-bond acceptors (Lipinski definition) is 5. The van der Waals surface area contributed by atoms with Crippen LogP contribution in [-0.4, -0.2) is 19.9 Å². The van der Waals surface area contributed by atoms with E-state index >= 15 is 0 Å². The van der Waals surface area contributed by atoms with E-state index < -0.39 is 0 Å². The van der Waals surface area contributed by atoms with Crippen LogP contribution < -0.4 is 19.5 Å². The lowest BCUT2D eigenvalue weighted by Crippen LogP contribution is -2.00. The molecule has 5 nitrogen and oxygen atoms in total. The van der Waals surface area contributed by atoms with Crippen molar-refractivity contribution in [2.45, 2.75) is 13.2 Å². The molecular formula is C31H28ClNO4. The molecule has 4 aromatic rings. The first-order valence-electron chi connectivity index (χ1n) is 11.8. The molecule has 0 aliphatic heterocycles. The number of methoxy groups -OCH3 is 1. The first kappa shape index (κ1) is 25.9. The molecule has 0 spiro atoms. The maximum atomic E-state index is 12.8. The van der Waals surface area contributed by atoms with Gasteiger partial charge in [-0.1, -0.05) is 72.3 Å². The van der Waals surface area contributed by atoms with E-state index in [1.807, 2.05) is 67.7 Å². The van der Waals surface area contributed by atoms with Crippen molar-refractivity contribution in [1.29, 1.82) is 0 Å². The second kappa shape index (κ2) is 12.7. The first-order chi connectivity index (χ1) is 18.1. The predicted octanol–water partition coefficient (Wildman–Crippen LogP) is 7.44. The van der Waals surface area contributed by atoms with Crippen LogP contribution in [0.3, 0.4) is 0 Å². The van der Waals surface area contributed by atoms with Crippen molar-refractivity contribution < 1.29 is 19.0 Å². The van der Waals surface area contributed by atoms with Gasteiger partial charge in [0.2, 0.25) is 0 Å². The third-order valence-electron chi connectivity index (χ3n) is 5.64. The Kier molecular flexibility index (Phi) is 8.84. The molecule has 4 aromatic carbocycles. The highest BCUT2D eigenvalue weighted by Crippen LogP contribution is 2.37. The van der Waals surface area contributed by atoms with Gasteiger partial charge in [0.15, 0.2) is 17.3 Å². The summed E-state index contributed by atoms with van der Waals surface area (Å²) in [5, 5.41) is 3.51. The summed E-state index contributed by atoms with van der Waals surface area (Å²) in [6.45, 7) is 0.768. The van der Waals surface area contributed by atoms with Gasteiger partial charge in [0.1, 0.15) is 19.0 Å². The van der Waals surface area contributed by atoms with Gasteiger partial charge in [0.05, 0.1) is 12.1 Å². The number of nitrogens with one attached hydrogen (secondary N) is 1. The fourth-order valence-electron chi connectivity index (χ4n) is 3.70. The van der Waals surface area contributed by atoms with E-state index in [-0.39, 0.29) is 5.78 Å². The van der Waals surface area contributed by atoms with Gasteiger partial charge in [-0.05, 0) is 59.2 Å². The summed E-state index contributed by atoms with van der Waals surface area (Å²) in [6.07, 6.45) is 3.21. The molecule has 0 radical (unpaired) electrons. The molecule has 0 saturated heterocycles. The molecular weight excluding hydrogens is 486 g/mol. The second-order valence-electron chi connectivity index (χ2n) is 8.27. The minimum absolute atomic E-state index is 0.148. The lowest BCUT2D eigenvalue weighted by atomic mass is 10.1. The quantitative estimate of drug-likeness (QED) is 0.167. The van der Waals surface area contributed by atoms with Crippen molar-refractivity contribution >= 4 is 29.1 Å². The number of ketones is 1. The third-order valence-corrected chi connectivity index (χ3v) is 5.93. The van der Waals surface area contributed by atoms with Crippen LogP contribution in [-0.2, 0) is 13.2 Å². The molecule has 0 heterocycles. The zero-order chi connectivity index (χ0) is 26.0. The molecule has 0 atom stereocenters. The SMILES string of the molecule is CNc1cccc(COc2c(Cl)cc(/C=C/C(=O)c3cccc(OCc4ccccc4)c3)cc2OC)c1. The van der Waals surface area contributed by atoms with Gasteiger partial charge in [-0.25, -0.2) is 0 Å². The molecule has 0 aliphatic rings. The van der Waals surface area contributed by atoms with E-state index in [0.717, 1.165) is 22.4 Å². The van der Waals surface area contributed by atoms with E-state index in [1.165, 1.54) is 6.08 Å². The smallest absolute Gasteiger partial charge is 0.185 e. The van der Waals surface area contributed by atoms with E-state index in [2.05, 4.69) is 5.32 Å². The molecule has 0 unspecified atom stereocenters. The van der Waals surface area contributed by atoms with E-state index in [1.54, 1.807) is 43.5 Å². The lowest BCUT2D eigenvalue weighted by Gasteiger charge is -2.14. The van der Waals surface area contributed by atoms with Gasteiger partial charge in [0.25, 0.3) is 0 Å². The molecule has 0 bridgehead atoms. The highest BCUT2D eigenvalue weighted by atomic mass is 35.5. The fraction of sp³-hybridized carbons (Fsp3) is 0.129. The van der Waals surface area contributed by atoms with Crippen molar-refractivity contribution in [3.05, 3.63) is 124 Å². The lowest BCUT2D eigenvalue weighted by molar-refractivity contribution is 0.104. The maximum Gasteiger partial charge on any atom is 0.185 e. The number of allylic oxidation sites excluding steroid dienone is 1. The van der Waals surface area contributed by atoms with E-state index in [9.17, 15) is 4.79 Å². The molecule has 0 fully saturated rings. The molecule has 0 saturated carbocycles. The maximum absolute atomic E-state index is 12.8. The largest absolute Gasteiger partial charge is 0.493 e. The summed E-state index contributed by atoms with van der Waals surface area (Å²) in [7, 11) is 3.42. The third kappa shape index (κ3) is 7.15. The number of rotatable bonds is 11. The molecule has 0 amide bonds. The van der Waals surface area contributed by atoms with Crippen molar-refractivity contribution in [3.8, 4) is 17.2 Å². The highest BCUT2D eigenvalue weighted by Gasteiger charge is 2.12. The Labute approximate surface area is 222 Å². The van der Waals surface area contributed by atoms with Gasteiger partial charge in [-0.2, -0.15) is 0 Å². The van der Waals surface area contributed by atoms with Crippen LogP contribution >= 0.6 is 11.6 Å². The number of anilines is 1. The Morgan fingerprint density at radius 1 is 0.865 bits per heavy atom. The van der Waals surface area contributed by atoms with Gasteiger partial charge >= 0.3 is 0 Å². The van der Waals surface area contributed by atoms with Gasteiger partial charge in [-0.3, -0.25) is 4.79 Å². The molecule has 37 heavy (non-hydrogen) atoms. The number of carbonyl (C=O) groups is 1. The summed E-state index contributed by atoms with van der Waals surface area (Å²) in [4.78, 5) is 12.8. The number of halogens is 1. The monoisotopic (exact) mass is 513 g/mol. The van der Waals surface area contributed by atoms with Crippen molar-refractivity contribution in [2.75, 3.05) is 19.5 Å². The number of ether oxygens (including phenoxy) is 3. The zero-order valence-corrected chi connectivity index (χ0v) is 21.5. The summed E-state index contributed by atoms with van der Waals surface area (Å²) >= 11 is 6.52. The first-order valence-corrected chi connectivity index (χ1v) is 12.2. The minimum atomic E-state index is -0.148. The molecule has 6 heteroatoms. The summed E-state index contributed by atoms with van der Waals surface area (Å²) in [6, 6.07) is 28.5. The van der Waals surface area contributed by atoms with E-state index in [4.69, 9.17) is 25.8 Å². The summed E-state index contributed by atoms with van der Waals surface area (Å²) < 4.78 is 17.3. The van der Waals surface area contributed by atoms with Crippen LogP contribution in [0.2, 0.25) is 5.02 Å². The minimum Gasteiger partial charge on any atom is -0.493 e. The van der Waals surface area contributed by atoms with Gasteiger partial charge in [-0.15, -0.1) is 0 Å². The molecule has 188 valence electrons. The van der Waals surface area contributed by atoms with E-state index in [0.29, 0.717) is 41.0 Å². The fourth-order valence-corrected chi connectivity index (χ4v) is 3.97.